The Hall–Kier alpha value is -0.610. The molecule has 5 heteroatoms. The monoisotopic (exact) mass is 287 g/mol. The molecule has 0 N–H and O–H groups in total. The Morgan fingerprint density at radius 3 is 2.88 bits per heavy atom. The maximum atomic E-state index is 5.98. The average Bonchev–Trinajstić information content (AvgIpc) is 2.82. The summed E-state index contributed by atoms with van der Waals surface area (Å²) in [4.78, 5) is 5.43. The van der Waals surface area contributed by atoms with Crippen LogP contribution in [0.3, 0.4) is 0 Å². The summed E-state index contributed by atoms with van der Waals surface area (Å²) in [5.74, 6) is 0. The van der Waals surface area contributed by atoms with E-state index in [-0.39, 0.29) is 0 Å². The predicted octanol–water partition coefficient (Wildman–Crippen LogP) is 4.21. The van der Waals surface area contributed by atoms with Crippen molar-refractivity contribution in [2.75, 3.05) is 6.61 Å². The molecule has 2 aromatic heterocycles. The van der Waals surface area contributed by atoms with Crippen LogP contribution in [0.4, 0.5) is 0 Å². The number of aromatic nitrogens is 1. The molecule has 0 saturated heterocycles. The zero-order chi connectivity index (χ0) is 12.1. The Bertz CT molecular complexity index is 473. The van der Waals surface area contributed by atoms with Gasteiger partial charge in [0.2, 0.25) is 0 Å². The molecular formula is C12H11Cl2NOS. The van der Waals surface area contributed by atoms with Crippen molar-refractivity contribution in [3.63, 3.8) is 0 Å². The summed E-state index contributed by atoms with van der Waals surface area (Å²) in [5, 5.41) is 3.09. The number of rotatable bonds is 5. The smallest absolute Gasteiger partial charge is 0.129 e. The van der Waals surface area contributed by atoms with Gasteiger partial charge in [-0.15, -0.1) is 11.3 Å². The van der Waals surface area contributed by atoms with Gasteiger partial charge in [0.15, 0.2) is 0 Å². The number of hydrogen-bond donors (Lipinski definition) is 0. The van der Waals surface area contributed by atoms with Gasteiger partial charge in [-0.2, -0.15) is 0 Å². The topological polar surface area (TPSA) is 22.1 Å². The van der Waals surface area contributed by atoms with E-state index in [2.05, 4.69) is 16.4 Å². The van der Waals surface area contributed by atoms with Gasteiger partial charge in [0.25, 0.3) is 0 Å². The van der Waals surface area contributed by atoms with Gasteiger partial charge in [0.05, 0.1) is 23.9 Å². The van der Waals surface area contributed by atoms with Crippen molar-refractivity contribution in [2.45, 2.75) is 13.0 Å². The van der Waals surface area contributed by atoms with E-state index in [9.17, 15) is 0 Å². The predicted molar refractivity (Wildman–Crippen MR) is 71.9 cm³/mol. The Kier molecular flexibility index (Phi) is 4.80. The standard InChI is InChI=1S/C12H11Cl2NOS/c13-10-3-4-12(14)15-11(10)8-16-6-5-9-2-1-7-17-9/h1-4,7H,5-6,8H2. The van der Waals surface area contributed by atoms with Gasteiger partial charge >= 0.3 is 0 Å². The van der Waals surface area contributed by atoms with Crippen LogP contribution in [0.2, 0.25) is 10.2 Å². The van der Waals surface area contributed by atoms with Crippen molar-refractivity contribution in [1.29, 1.82) is 0 Å². The lowest BCUT2D eigenvalue weighted by Gasteiger charge is -2.05. The van der Waals surface area contributed by atoms with Crippen molar-refractivity contribution in [1.82, 2.24) is 4.98 Å². The van der Waals surface area contributed by atoms with Gasteiger partial charge in [-0.1, -0.05) is 29.3 Å². The van der Waals surface area contributed by atoms with Crippen LogP contribution >= 0.6 is 34.5 Å². The maximum absolute atomic E-state index is 5.98. The SMILES string of the molecule is Clc1ccc(Cl)c(COCCc2cccs2)n1. The number of thiophene rings is 1. The summed E-state index contributed by atoms with van der Waals surface area (Å²) in [5.41, 5.74) is 0.686. The second-order valence-corrected chi connectivity index (χ2v) is 5.27. The number of nitrogens with zero attached hydrogens (tertiary/aromatic N) is 1. The first-order valence-corrected chi connectivity index (χ1v) is 6.80. The number of hydrogen-bond acceptors (Lipinski definition) is 3. The van der Waals surface area contributed by atoms with E-state index in [0.717, 1.165) is 6.42 Å². The van der Waals surface area contributed by atoms with Gasteiger partial charge in [-0.3, -0.25) is 0 Å². The second kappa shape index (κ2) is 6.36. The molecule has 0 fully saturated rings. The molecule has 0 spiro atoms. The first-order chi connectivity index (χ1) is 8.25. The van der Waals surface area contributed by atoms with Crippen LogP contribution in [-0.4, -0.2) is 11.6 Å². The normalized spacial score (nSPS) is 10.7. The highest BCUT2D eigenvalue weighted by atomic mass is 35.5. The third-order valence-corrected chi connectivity index (χ3v) is 3.69. The van der Waals surface area contributed by atoms with Gasteiger partial charge < -0.3 is 4.74 Å². The highest BCUT2D eigenvalue weighted by molar-refractivity contribution is 7.09. The van der Waals surface area contributed by atoms with Crippen LogP contribution < -0.4 is 0 Å². The third kappa shape index (κ3) is 3.96. The number of halogens is 2. The average molecular weight is 288 g/mol. The highest BCUT2D eigenvalue weighted by Crippen LogP contribution is 2.17. The molecule has 2 rings (SSSR count). The highest BCUT2D eigenvalue weighted by Gasteiger charge is 2.03. The van der Waals surface area contributed by atoms with Gasteiger partial charge in [0.1, 0.15) is 5.15 Å². The summed E-state index contributed by atoms with van der Waals surface area (Å²) >= 11 is 13.5. The molecule has 90 valence electrons. The summed E-state index contributed by atoms with van der Waals surface area (Å²) in [6.07, 6.45) is 0.913. The van der Waals surface area contributed by atoms with Gasteiger partial charge in [-0.05, 0) is 23.6 Å². The van der Waals surface area contributed by atoms with E-state index in [1.54, 1.807) is 23.5 Å². The molecule has 0 aliphatic rings. The van der Waals surface area contributed by atoms with Crippen molar-refractivity contribution in [3.05, 3.63) is 50.4 Å². The van der Waals surface area contributed by atoms with Crippen molar-refractivity contribution in [2.24, 2.45) is 0 Å². The van der Waals surface area contributed by atoms with E-state index >= 15 is 0 Å². The molecule has 0 aromatic carbocycles. The molecule has 0 radical (unpaired) electrons. The van der Waals surface area contributed by atoms with Crippen LogP contribution in [0.15, 0.2) is 29.6 Å². The van der Waals surface area contributed by atoms with E-state index in [1.165, 1.54) is 4.88 Å². The van der Waals surface area contributed by atoms with Crippen LogP contribution in [0.5, 0.6) is 0 Å². The minimum Gasteiger partial charge on any atom is -0.375 e. The largest absolute Gasteiger partial charge is 0.375 e. The molecule has 0 unspecified atom stereocenters. The Balaban J connectivity index is 1.80. The van der Waals surface area contributed by atoms with Gasteiger partial charge in [0, 0.05) is 11.3 Å². The van der Waals surface area contributed by atoms with Gasteiger partial charge in [-0.25, -0.2) is 4.98 Å². The Morgan fingerprint density at radius 2 is 2.12 bits per heavy atom. The zero-order valence-corrected chi connectivity index (χ0v) is 11.4. The first kappa shape index (κ1) is 12.8. The molecule has 0 saturated carbocycles. The summed E-state index contributed by atoms with van der Waals surface area (Å²) < 4.78 is 5.53. The van der Waals surface area contributed by atoms with Crippen molar-refractivity contribution < 1.29 is 4.74 Å². The van der Waals surface area contributed by atoms with Crippen molar-refractivity contribution >= 4 is 34.5 Å². The molecule has 0 aliphatic carbocycles. The van der Waals surface area contributed by atoms with Crippen molar-refractivity contribution in [3.8, 4) is 0 Å². The summed E-state index contributed by atoms with van der Waals surface area (Å²) in [6.45, 7) is 1.05. The number of pyridine rings is 1. The Labute approximate surface area is 114 Å². The summed E-state index contributed by atoms with van der Waals surface area (Å²) in [6, 6.07) is 7.53. The second-order valence-electron chi connectivity index (χ2n) is 3.44. The minimum absolute atomic E-state index is 0.394. The third-order valence-electron chi connectivity index (χ3n) is 2.20. The summed E-state index contributed by atoms with van der Waals surface area (Å²) in [7, 11) is 0. The quantitative estimate of drug-likeness (QED) is 0.607. The van der Waals surface area contributed by atoms with Crippen LogP contribution in [0, 0.1) is 0 Å². The molecule has 2 heterocycles. The number of ether oxygens (including phenoxy) is 1. The lowest BCUT2D eigenvalue weighted by atomic mass is 10.3. The zero-order valence-electron chi connectivity index (χ0n) is 9.03. The molecule has 0 atom stereocenters. The van der Waals surface area contributed by atoms with E-state index < -0.39 is 0 Å². The molecule has 0 amide bonds. The fraction of sp³-hybridized carbons (Fsp3) is 0.250. The molecular weight excluding hydrogens is 277 g/mol. The van der Waals surface area contributed by atoms with E-state index in [1.807, 2.05) is 6.07 Å². The molecule has 2 nitrogen and oxygen atoms in total. The van der Waals surface area contributed by atoms with E-state index in [0.29, 0.717) is 29.1 Å². The maximum Gasteiger partial charge on any atom is 0.129 e. The van der Waals surface area contributed by atoms with Crippen LogP contribution in [0.25, 0.3) is 0 Å². The Morgan fingerprint density at radius 1 is 1.24 bits per heavy atom. The molecule has 17 heavy (non-hydrogen) atoms. The minimum atomic E-state index is 0.394. The molecule has 2 aromatic rings. The molecule has 0 bridgehead atoms. The van der Waals surface area contributed by atoms with E-state index in [4.69, 9.17) is 27.9 Å². The fourth-order valence-corrected chi connectivity index (χ4v) is 2.37. The lowest BCUT2D eigenvalue weighted by molar-refractivity contribution is 0.121. The fourth-order valence-electron chi connectivity index (χ4n) is 1.36. The first-order valence-electron chi connectivity index (χ1n) is 5.17. The van der Waals surface area contributed by atoms with Crippen LogP contribution in [0.1, 0.15) is 10.6 Å². The lowest BCUT2D eigenvalue weighted by Crippen LogP contribution is -2.00. The molecule has 0 aliphatic heterocycles. The van der Waals surface area contributed by atoms with Crippen LogP contribution in [-0.2, 0) is 17.8 Å².